The van der Waals surface area contributed by atoms with E-state index in [1.807, 2.05) is 84.9 Å². The van der Waals surface area contributed by atoms with Crippen LogP contribution in [0.15, 0.2) is 152 Å². The summed E-state index contributed by atoms with van der Waals surface area (Å²) < 4.78 is 20.0. The van der Waals surface area contributed by atoms with Crippen molar-refractivity contribution < 1.29 is 72.4 Å². The van der Waals surface area contributed by atoms with Gasteiger partial charge in [0.2, 0.25) is 47.3 Å². The first kappa shape index (κ1) is 80.4. The predicted octanol–water partition coefficient (Wildman–Crippen LogP) is 4.90. The molecule has 2 saturated heterocycles. The molecule has 7 heterocycles. The van der Waals surface area contributed by atoms with Gasteiger partial charge in [-0.05, 0) is 119 Å². The van der Waals surface area contributed by atoms with Gasteiger partial charge in [0.15, 0.2) is 0 Å². The second kappa shape index (κ2) is 35.7. The zero-order chi connectivity index (χ0) is 78.4. The first-order chi connectivity index (χ1) is 51.9. The van der Waals surface area contributed by atoms with Crippen LogP contribution in [0.3, 0.4) is 0 Å². The number of hydrogen-bond acceptors (Lipinski definition) is 17. The highest BCUT2D eigenvalue weighted by Gasteiger charge is 2.50. The molecule has 0 spiro atoms. The van der Waals surface area contributed by atoms with Gasteiger partial charge < -0.3 is 76.8 Å². The zero-order valence-electron chi connectivity index (χ0n) is 63.1. The number of aromatic nitrogens is 3. The van der Waals surface area contributed by atoms with Gasteiger partial charge in [-0.2, -0.15) is 0 Å². The molecule has 13 rings (SSSR count). The molecule has 6 aromatic carbocycles. The van der Waals surface area contributed by atoms with Crippen molar-refractivity contribution in [3.05, 3.63) is 180 Å². The minimum Gasteiger partial charge on any atom is -0.490 e. The van der Waals surface area contributed by atoms with Gasteiger partial charge in [-0.3, -0.25) is 38.4 Å². The number of rotatable bonds is 14. The highest BCUT2D eigenvalue weighted by atomic mass is 16.5. The lowest BCUT2D eigenvalue weighted by Gasteiger charge is -2.37. The van der Waals surface area contributed by atoms with Crippen LogP contribution in [0.25, 0.3) is 21.5 Å². The smallest absolute Gasteiger partial charge is 0.326 e. The molecule has 6 aliphatic rings. The van der Waals surface area contributed by atoms with Gasteiger partial charge in [0.1, 0.15) is 78.7 Å². The number of ether oxygens (including phenoxy) is 3. The Hall–Kier alpha value is -11.1. The van der Waals surface area contributed by atoms with E-state index in [0.717, 1.165) is 21.5 Å². The normalized spacial score (nSPS) is 22.3. The van der Waals surface area contributed by atoms with Crippen molar-refractivity contribution in [3.8, 4) is 11.5 Å². The van der Waals surface area contributed by atoms with E-state index in [1.165, 1.54) is 14.5 Å². The first-order valence-corrected chi connectivity index (χ1v) is 36.7. The summed E-state index contributed by atoms with van der Waals surface area (Å²) in [6, 6.07) is 26.4. The van der Waals surface area contributed by atoms with Crippen LogP contribution in [0.1, 0.15) is 102 Å². The number of fused-ring (bicyclic) bond motifs is 2. The van der Waals surface area contributed by atoms with Crippen LogP contribution in [0.4, 0.5) is 0 Å². The summed E-state index contributed by atoms with van der Waals surface area (Å²) in [6.07, 6.45) is 3.79. The molecule has 6 aliphatic heterocycles. The Morgan fingerprint density at radius 1 is 0.569 bits per heavy atom. The van der Waals surface area contributed by atoms with Gasteiger partial charge in [-0.1, -0.05) is 162 Å². The Morgan fingerprint density at radius 2 is 1.04 bits per heavy atom. The summed E-state index contributed by atoms with van der Waals surface area (Å²) in [5, 5.41) is 56.7. The lowest BCUT2D eigenvalue weighted by molar-refractivity contribution is -0.145. The summed E-state index contributed by atoms with van der Waals surface area (Å²) in [6.45, 7) is 13.8. The quantitative estimate of drug-likeness (QED) is 0.0647. The number of hydrogen-bond donors (Lipinski definition) is 10. The van der Waals surface area contributed by atoms with E-state index in [1.54, 1.807) is 136 Å². The largest absolute Gasteiger partial charge is 0.490 e. The van der Waals surface area contributed by atoms with E-state index in [-0.39, 0.29) is 71.4 Å². The SMILES string of the molecule is CN[C@@H](C)C(=O)N[C@H](C(=O)N1CCC2[C@H]1C(=O)N[C@@H](Cc1ccc3ccccc3c1)C(=O)N[C@H](C(=O)O)Cc1ccc(cc1)OC/C=C/CO[C@H]1C[C@@H](C(=O)N[C@@H](Cc3ccc4ccccc4c3)C(=O)N[C@H](C(=O)O)Cc3ccc(cc3)OCc3cn2nn3)N(C(=O)[C@@H](NC(=O)[C@H](C)NC)C(C)(C)C)C1)C(C)(C)C. The van der Waals surface area contributed by atoms with Crippen molar-refractivity contribution in [2.24, 2.45) is 10.8 Å². The van der Waals surface area contributed by atoms with E-state index in [9.17, 15) is 39.0 Å². The summed E-state index contributed by atoms with van der Waals surface area (Å²) >= 11 is 0. The Labute approximate surface area is 633 Å². The average Bonchev–Trinajstić information content (AvgIpc) is 1.65. The average molecular weight is 1490 g/mol. The Morgan fingerprint density at radius 3 is 1.52 bits per heavy atom. The highest BCUT2D eigenvalue weighted by molar-refractivity contribution is 5.98. The molecule has 0 radical (unpaired) electrons. The van der Waals surface area contributed by atoms with Crippen LogP contribution in [0.5, 0.6) is 11.5 Å². The van der Waals surface area contributed by atoms with E-state index >= 15 is 19.2 Å². The third-order valence-electron chi connectivity index (χ3n) is 20.2. The molecule has 0 aliphatic carbocycles. The van der Waals surface area contributed by atoms with Gasteiger partial charge in [0, 0.05) is 45.2 Å². The van der Waals surface area contributed by atoms with E-state index < -0.39 is 143 Å². The number of nitrogens with zero attached hydrogens (tertiary/aromatic N) is 5. The molecule has 1 aromatic heterocycles. The molecule has 10 N–H and O–H groups in total. The molecule has 8 bridgehead atoms. The van der Waals surface area contributed by atoms with Crippen molar-refractivity contribution in [2.75, 3.05) is 40.4 Å². The van der Waals surface area contributed by atoms with Crippen LogP contribution >= 0.6 is 0 Å². The molecule has 0 saturated carbocycles. The summed E-state index contributed by atoms with van der Waals surface area (Å²) in [5.74, 6) is -7.15. The number of nitrogens with one attached hydrogen (secondary N) is 8. The molecule has 8 amide bonds. The van der Waals surface area contributed by atoms with Crippen LogP contribution in [-0.4, -0.2) is 201 Å². The van der Waals surface area contributed by atoms with Gasteiger partial charge >= 0.3 is 11.9 Å². The predicted molar refractivity (Wildman–Crippen MR) is 406 cm³/mol. The number of amides is 8. The maximum Gasteiger partial charge on any atom is 0.326 e. The van der Waals surface area contributed by atoms with Crippen molar-refractivity contribution in [2.45, 2.75) is 173 Å². The summed E-state index contributed by atoms with van der Waals surface area (Å²) in [4.78, 5) is 147. The highest BCUT2D eigenvalue weighted by Crippen LogP contribution is 2.34. The van der Waals surface area contributed by atoms with Gasteiger partial charge in [-0.15, -0.1) is 5.10 Å². The fourth-order valence-corrected chi connectivity index (χ4v) is 13.6. The van der Waals surface area contributed by atoms with Crippen molar-refractivity contribution in [3.63, 3.8) is 0 Å². The second-order valence-electron chi connectivity index (χ2n) is 30.3. The third kappa shape index (κ3) is 20.8. The topological polar surface area (TPSA) is 372 Å². The minimum atomic E-state index is -1.52. The monoisotopic (exact) mass is 1490 g/mol. The number of carboxylic acids is 2. The third-order valence-corrected chi connectivity index (χ3v) is 20.2. The van der Waals surface area contributed by atoms with Crippen molar-refractivity contribution >= 4 is 80.7 Å². The Balaban J connectivity index is 0.971. The van der Waals surface area contributed by atoms with Crippen LogP contribution in [0, 0.1) is 10.8 Å². The van der Waals surface area contributed by atoms with E-state index in [4.69, 9.17) is 14.2 Å². The minimum absolute atomic E-state index is 0.000855. The molecule has 7 aromatic rings. The fraction of sp³-hybridized carbons (Fsp3) is 0.432. The van der Waals surface area contributed by atoms with Gasteiger partial charge in [0.25, 0.3) is 0 Å². The van der Waals surface area contributed by atoms with Gasteiger partial charge in [0.05, 0.1) is 37.0 Å². The Bertz CT molecular complexity index is 4480. The summed E-state index contributed by atoms with van der Waals surface area (Å²) in [5.41, 5.74) is 0.835. The lowest BCUT2D eigenvalue weighted by atomic mass is 9.85. The standard InChI is InChI=1S/C81H99N13O15/c1-47(82-9)70(95)88-68(80(3,4)5)76(101)92-34-33-65-67(92)75(100)85-62(42-52-22-28-54-18-12-14-20-56(54)38-52)73(98)87-64(79(105)106)39-49-23-29-58(30-24-49)107-35-15-16-36-108-60-43-66(93(45-60)77(102)69(81(6,7)8)89-71(96)48(2)83-10)74(99)84-61(41-51-21-27-53-17-11-13-19-55(53)37-51)72(97)86-63(78(103)104)40-50-25-31-59(32-26-50)109-46-57-44-94(65)91-90-57/h11-32,37-38,44,47-48,60-69,82-83H,33-36,39-43,45-46H2,1-10H3,(H,84,99)(H,85,100)(H,86,97)(H,87,98)(H,88,95)(H,89,96)(H,103,104)(H,105,106)/b16-15+/t47-,48-,60-,61-,62-,63-,64-,65?,66-,67-,68+,69+/m0/s1. The Kier molecular flexibility index (Phi) is 26.4. The molecule has 28 heteroatoms. The summed E-state index contributed by atoms with van der Waals surface area (Å²) in [7, 11) is 3.22. The molecule has 28 nitrogen and oxygen atoms in total. The molecular formula is C81H99N13O15. The molecule has 109 heavy (non-hydrogen) atoms. The first-order valence-electron chi connectivity index (χ1n) is 36.7. The number of benzene rings is 6. The number of aliphatic carboxylic acids is 2. The molecule has 578 valence electrons. The number of carboxylic acid groups (broad SMARTS) is 2. The van der Waals surface area contributed by atoms with Crippen molar-refractivity contribution in [1.29, 1.82) is 0 Å². The fourth-order valence-electron chi connectivity index (χ4n) is 13.6. The van der Waals surface area contributed by atoms with Crippen molar-refractivity contribution in [1.82, 2.24) is 67.3 Å². The number of carbonyl (C=O) groups excluding carboxylic acids is 8. The lowest BCUT2D eigenvalue weighted by Crippen LogP contribution is -2.61. The second-order valence-corrected chi connectivity index (χ2v) is 30.3. The molecule has 12 atom stereocenters. The van der Waals surface area contributed by atoms with Gasteiger partial charge in [-0.25, -0.2) is 14.3 Å². The number of likely N-dealkylation sites (N-methyl/N-ethyl adjacent to an activating group) is 2. The maximum absolute atomic E-state index is 15.5. The van der Waals surface area contributed by atoms with Crippen LogP contribution in [-0.2, 0) is 85.0 Å². The van der Waals surface area contributed by atoms with E-state index in [0.29, 0.717) is 39.4 Å². The molecule has 2 fully saturated rings. The number of carbonyl (C=O) groups is 10. The van der Waals surface area contributed by atoms with Crippen LogP contribution in [0.2, 0.25) is 0 Å². The molecule has 1 unspecified atom stereocenters. The molecular weight excluding hydrogens is 1390 g/mol. The van der Waals surface area contributed by atoms with E-state index in [2.05, 4.69) is 52.8 Å². The number of likely N-dealkylation sites (tertiary alicyclic amines) is 2. The maximum atomic E-state index is 15.5. The zero-order valence-corrected chi connectivity index (χ0v) is 63.1. The van der Waals surface area contributed by atoms with Crippen LogP contribution < -0.4 is 52.0 Å².